The summed E-state index contributed by atoms with van der Waals surface area (Å²) in [6, 6.07) is 0. The molecule has 0 amide bonds. The van der Waals surface area contributed by atoms with E-state index in [9.17, 15) is 0 Å². The number of hydrogen-bond acceptors (Lipinski definition) is 3. The maximum atomic E-state index is 5.48. The van der Waals surface area contributed by atoms with Gasteiger partial charge < -0.3 is 5.73 Å². The van der Waals surface area contributed by atoms with Crippen LogP contribution in [0.4, 0.5) is 0 Å². The Morgan fingerprint density at radius 1 is 1.47 bits per heavy atom. The van der Waals surface area contributed by atoms with E-state index in [0.29, 0.717) is 12.5 Å². The van der Waals surface area contributed by atoms with Crippen molar-refractivity contribution in [1.82, 2.24) is 19.6 Å². The molecule has 5 nitrogen and oxygen atoms in total. The van der Waals surface area contributed by atoms with Crippen LogP contribution < -0.4 is 5.73 Å². The molecule has 3 rings (SSSR count). The molecule has 0 spiro atoms. The topological polar surface area (TPSA) is 72.0 Å². The van der Waals surface area contributed by atoms with Crippen LogP contribution in [0.5, 0.6) is 0 Å². The average Bonchev–Trinajstić information content (AvgIpc) is 2.58. The quantitative estimate of drug-likeness (QED) is 0.779. The molecule has 5 heteroatoms. The summed E-state index contributed by atoms with van der Waals surface area (Å²) >= 11 is 0. The van der Waals surface area contributed by atoms with Crippen LogP contribution in [0, 0.1) is 0 Å². The van der Waals surface area contributed by atoms with Crippen LogP contribution in [0.3, 0.4) is 0 Å². The highest BCUT2D eigenvalue weighted by atomic mass is 15.3. The maximum Gasteiger partial charge on any atom is 0.250 e. The van der Waals surface area contributed by atoms with Crippen LogP contribution in [0.25, 0.3) is 5.78 Å². The molecule has 1 aliphatic carbocycles. The zero-order valence-corrected chi connectivity index (χ0v) is 8.61. The molecular weight excluding hydrogens is 190 g/mol. The first kappa shape index (κ1) is 8.91. The van der Waals surface area contributed by atoms with Crippen LogP contribution in [0.2, 0.25) is 0 Å². The number of nitrogens with two attached hydrogens (primary N) is 1. The summed E-state index contributed by atoms with van der Waals surface area (Å²) in [5.41, 5.74) is 6.49. The first-order valence-corrected chi connectivity index (χ1v) is 5.51. The SMILES string of the molecule is NCCc1cn2[nH]c(C3CCC3)nc2n1. The molecule has 0 atom stereocenters. The van der Waals surface area contributed by atoms with Crippen molar-refractivity contribution >= 4 is 5.78 Å². The standard InChI is InChI=1S/C10H15N5/c11-5-4-8-6-15-10(12-8)13-9(14-15)7-2-1-3-7/h6-7H,1-5,11H2,(H,12,13,14). The van der Waals surface area contributed by atoms with Gasteiger partial charge in [-0.1, -0.05) is 6.42 Å². The van der Waals surface area contributed by atoms with Crippen molar-refractivity contribution in [3.63, 3.8) is 0 Å². The predicted octanol–water partition coefficient (Wildman–Crippen LogP) is 0.826. The minimum absolute atomic E-state index is 0.629. The summed E-state index contributed by atoms with van der Waals surface area (Å²) in [6.07, 6.45) is 6.64. The van der Waals surface area contributed by atoms with Crippen molar-refractivity contribution in [2.45, 2.75) is 31.6 Å². The second-order valence-corrected chi connectivity index (χ2v) is 4.18. The van der Waals surface area contributed by atoms with Crippen molar-refractivity contribution in [3.8, 4) is 0 Å². The lowest BCUT2D eigenvalue weighted by molar-refractivity contribution is 0.401. The smallest absolute Gasteiger partial charge is 0.250 e. The molecule has 0 unspecified atom stereocenters. The lowest BCUT2D eigenvalue weighted by Gasteiger charge is -2.22. The Morgan fingerprint density at radius 2 is 2.33 bits per heavy atom. The van der Waals surface area contributed by atoms with Gasteiger partial charge in [-0.25, -0.2) is 9.50 Å². The van der Waals surface area contributed by atoms with E-state index in [1.54, 1.807) is 0 Å². The van der Waals surface area contributed by atoms with Gasteiger partial charge in [0.05, 0.1) is 11.9 Å². The Kier molecular flexibility index (Phi) is 1.98. The fourth-order valence-corrected chi connectivity index (χ4v) is 1.97. The third kappa shape index (κ3) is 1.43. The van der Waals surface area contributed by atoms with Gasteiger partial charge in [0.1, 0.15) is 5.82 Å². The van der Waals surface area contributed by atoms with Crippen molar-refractivity contribution in [2.24, 2.45) is 5.73 Å². The Hall–Kier alpha value is -1.36. The second-order valence-electron chi connectivity index (χ2n) is 4.18. The normalized spacial score (nSPS) is 17.1. The fourth-order valence-electron chi connectivity index (χ4n) is 1.97. The second kappa shape index (κ2) is 3.34. The van der Waals surface area contributed by atoms with Gasteiger partial charge in [-0.3, -0.25) is 5.10 Å². The Bertz CT molecular complexity index is 434. The van der Waals surface area contributed by atoms with Crippen LogP contribution >= 0.6 is 0 Å². The minimum atomic E-state index is 0.629. The van der Waals surface area contributed by atoms with Gasteiger partial charge in [-0.05, 0) is 19.4 Å². The first-order chi connectivity index (χ1) is 7.36. The van der Waals surface area contributed by atoms with E-state index in [-0.39, 0.29) is 0 Å². The molecule has 2 aromatic heterocycles. The van der Waals surface area contributed by atoms with Crippen molar-refractivity contribution in [3.05, 3.63) is 17.7 Å². The number of hydrogen-bond donors (Lipinski definition) is 2. The highest BCUT2D eigenvalue weighted by Crippen LogP contribution is 2.34. The number of aromatic amines is 1. The summed E-state index contributed by atoms with van der Waals surface area (Å²) in [7, 11) is 0. The summed E-state index contributed by atoms with van der Waals surface area (Å²) in [6.45, 7) is 0.635. The summed E-state index contributed by atoms with van der Waals surface area (Å²) in [5, 5.41) is 3.28. The number of fused-ring (bicyclic) bond motifs is 1. The third-order valence-electron chi connectivity index (χ3n) is 3.08. The number of H-pyrrole nitrogens is 1. The highest BCUT2D eigenvalue weighted by molar-refractivity contribution is 5.30. The number of rotatable bonds is 3. The summed E-state index contributed by atoms with van der Waals surface area (Å²) in [4.78, 5) is 8.90. The maximum absolute atomic E-state index is 5.48. The zero-order chi connectivity index (χ0) is 10.3. The Labute approximate surface area is 87.7 Å². The zero-order valence-electron chi connectivity index (χ0n) is 8.61. The molecule has 80 valence electrons. The van der Waals surface area contributed by atoms with Crippen LogP contribution in [-0.4, -0.2) is 26.1 Å². The van der Waals surface area contributed by atoms with Gasteiger partial charge in [0.25, 0.3) is 5.78 Å². The molecule has 0 bridgehead atoms. The van der Waals surface area contributed by atoms with Gasteiger partial charge in [-0.15, -0.1) is 0 Å². The lowest BCUT2D eigenvalue weighted by Crippen LogP contribution is -2.10. The molecular formula is C10H15N5. The summed E-state index contributed by atoms with van der Waals surface area (Å²) in [5.74, 6) is 2.49. The minimum Gasteiger partial charge on any atom is -0.330 e. The molecule has 0 saturated heterocycles. The largest absolute Gasteiger partial charge is 0.330 e. The Morgan fingerprint density at radius 3 is 2.93 bits per heavy atom. The molecule has 3 N–H and O–H groups in total. The predicted molar refractivity (Wildman–Crippen MR) is 56.7 cm³/mol. The molecule has 1 fully saturated rings. The number of nitrogens with zero attached hydrogens (tertiary/aromatic N) is 3. The van der Waals surface area contributed by atoms with Crippen molar-refractivity contribution < 1.29 is 0 Å². The number of aromatic nitrogens is 4. The van der Waals surface area contributed by atoms with Gasteiger partial charge in [0, 0.05) is 12.3 Å². The van der Waals surface area contributed by atoms with Gasteiger partial charge in [0.15, 0.2) is 0 Å². The molecule has 1 saturated carbocycles. The van der Waals surface area contributed by atoms with E-state index in [2.05, 4.69) is 15.1 Å². The Balaban J connectivity index is 1.91. The van der Waals surface area contributed by atoms with Gasteiger partial charge in [-0.2, -0.15) is 4.98 Å². The lowest BCUT2D eigenvalue weighted by atomic mass is 9.85. The third-order valence-corrected chi connectivity index (χ3v) is 3.08. The molecule has 15 heavy (non-hydrogen) atoms. The number of imidazole rings is 1. The molecule has 1 aliphatic rings. The van der Waals surface area contributed by atoms with Crippen molar-refractivity contribution in [1.29, 1.82) is 0 Å². The van der Waals surface area contributed by atoms with Crippen molar-refractivity contribution in [2.75, 3.05) is 6.54 Å². The summed E-state index contributed by atoms with van der Waals surface area (Å²) < 4.78 is 1.90. The molecule has 0 aromatic carbocycles. The van der Waals surface area contributed by atoms with E-state index in [4.69, 9.17) is 5.73 Å². The monoisotopic (exact) mass is 205 g/mol. The van der Waals surface area contributed by atoms with E-state index in [1.807, 2.05) is 10.7 Å². The van der Waals surface area contributed by atoms with Crippen LogP contribution in [0.1, 0.15) is 36.7 Å². The number of nitrogens with one attached hydrogen (secondary N) is 1. The highest BCUT2D eigenvalue weighted by Gasteiger charge is 2.23. The van der Waals surface area contributed by atoms with E-state index >= 15 is 0 Å². The van der Waals surface area contributed by atoms with E-state index in [0.717, 1.165) is 23.7 Å². The van der Waals surface area contributed by atoms with Gasteiger partial charge in [0.2, 0.25) is 0 Å². The molecule has 2 aromatic rings. The molecule has 0 aliphatic heterocycles. The fraction of sp³-hybridized carbons (Fsp3) is 0.600. The van der Waals surface area contributed by atoms with Crippen LogP contribution in [0.15, 0.2) is 6.20 Å². The first-order valence-electron chi connectivity index (χ1n) is 5.51. The van der Waals surface area contributed by atoms with E-state index < -0.39 is 0 Å². The average molecular weight is 205 g/mol. The van der Waals surface area contributed by atoms with E-state index in [1.165, 1.54) is 19.3 Å². The van der Waals surface area contributed by atoms with Crippen LogP contribution in [-0.2, 0) is 6.42 Å². The molecule has 2 heterocycles. The molecule has 0 radical (unpaired) electrons. The van der Waals surface area contributed by atoms with Gasteiger partial charge >= 0.3 is 0 Å².